The fourth-order valence-corrected chi connectivity index (χ4v) is 2.15. The van der Waals surface area contributed by atoms with Crippen LogP contribution >= 0.6 is 0 Å². The molecule has 0 aliphatic carbocycles. The minimum atomic E-state index is -1.38. The molecule has 1 saturated heterocycles. The Hall–Kier alpha value is -3.10. The van der Waals surface area contributed by atoms with Crippen LogP contribution in [0.15, 0.2) is 17.7 Å². The average molecular weight is 321 g/mol. The Balaban J connectivity index is 2.07. The number of esters is 2. The third-order valence-electron chi connectivity index (χ3n) is 3.14. The number of benzene rings is 1. The minimum absolute atomic E-state index is 0.00264. The summed E-state index contributed by atoms with van der Waals surface area (Å²) in [6.07, 6.45) is 1.04. The van der Waals surface area contributed by atoms with E-state index in [2.05, 4.69) is 0 Å². The van der Waals surface area contributed by atoms with Crippen molar-refractivity contribution in [1.82, 2.24) is 0 Å². The molecule has 2 heterocycles. The second-order valence-electron chi connectivity index (χ2n) is 5.26. The molecular formula is C14H11NO8. The summed E-state index contributed by atoms with van der Waals surface area (Å²) >= 11 is 0. The van der Waals surface area contributed by atoms with Crippen molar-refractivity contribution in [2.24, 2.45) is 0 Å². The second kappa shape index (κ2) is 4.97. The summed E-state index contributed by atoms with van der Waals surface area (Å²) in [7, 11) is 0. The Bertz CT molecular complexity index is 742. The number of carbonyl (C=O) groups excluding carboxylic acids is 2. The van der Waals surface area contributed by atoms with Crippen LogP contribution in [-0.4, -0.2) is 29.4 Å². The number of fused-ring (bicyclic) bond motifs is 1. The standard InChI is InChI=1S/C14H11NO8/c1-14(2)22-12(16)8(13(17)23-14)3-7-4-10-11(21-6-20-10)5-9(7)15(18)19/h3-5H,6H2,1-2H3. The lowest BCUT2D eigenvalue weighted by atomic mass is 10.1. The normalized spacial score (nSPS) is 18.3. The van der Waals surface area contributed by atoms with Crippen LogP contribution in [0.4, 0.5) is 5.69 Å². The molecule has 0 aromatic heterocycles. The SMILES string of the molecule is CC1(C)OC(=O)C(=Cc2cc3c(cc2[N+](=O)[O-])OCO3)C(=O)O1. The van der Waals surface area contributed by atoms with Crippen molar-refractivity contribution in [3.05, 3.63) is 33.4 Å². The summed E-state index contributed by atoms with van der Waals surface area (Å²) in [4.78, 5) is 34.4. The van der Waals surface area contributed by atoms with Gasteiger partial charge in [-0.05, 0) is 12.1 Å². The highest BCUT2D eigenvalue weighted by atomic mass is 16.7. The van der Waals surface area contributed by atoms with E-state index in [0.717, 1.165) is 12.1 Å². The molecule has 0 atom stereocenters. The van der Waals surface area contributed by atoms with Crippen LogP contribution in [0.1, 0.15) is 19.4 Å². The Kier molecular flexibility index (Phi) is 3.20. The van der Waals surface area contributed by atoms with Crippen LogP contribution in [0.25, 0.3) is 6.08 Å². The molecule has 0 N–H and O–H groups in total. The van der Waals surface area contributed by atoms with Crippen molar-refractivity contribution in [3.63, 3.8) is 0 Å². The zero-order valence-corrected chi connectivity index (χ0v) is 12.2. The first-order chi connectivity index (χ1) is 10.8. The highest BCUT2D eigenvalue weighted by Crippen LogP contribution is 2.39. The fraction of sp³-hybridized carbons (Fsp3) is 0.286. The number of cyclic esters (lactones) is 2. The van der Waals surface area contributed by atoms with E-state index < -0.39 is 28.2 Å². The lowest BCUT2D eigenvalue weighted by Gasteiger charge is -2.29. The average Bonchev–Trinajstić information content (AvgIpc) is 2.87. The number of carbonyl (C=O) groups is 2. The molecule has 120 valence electrons. The fourth-order valence-electron chi connectivity index (χ4n) is 2.15. The smallest absolute Gasteiger partial charge is 0.348 e. The molecule has 0 saturated carbocycles. The van der Waals surface area contributed by atoms with Crippen LogP contribution in [0.3, 0.4) is 0 Å². The lowest BCUT2D eigenvalue weighted by molar-refractivity contribution is -0.385. The number of ether oxygens (including phenoxy) is 4. The van der Waals surface area contributed by atoms with E-state index in [9.17, 15) is 19.7 Å². The van der Waals surface area contributed by atoms with Gasteiger partial charge in [-0.15, -0.1) is 0 Å². The molecule has 0 unspecified atom stereocenters. The molecule has 1 fully saturated rings. The van der Waals surface area contributed by atoms with E-state index in [0.29, 0.717) is 0 Å². The molecule has 2 aliphatic heterocycles. The Morgan fingerprint density at radius 3 is 2.26 bits per heavy atom. The maximum atomic E-state index is 11.9. The van der Waals surface area contributed by atoms with Gasteiger partial charge in [-0.1, -0.05) is 0 Å². The maximum absolute atomic E-state index is 11.9. The monoisotopic (exact) mass is 321 g/mol. The van der Waals surface area contributed by atoms with Crippen LogP contribution in [0.2, 0.25) is 0 Å². The van der Waals surface area contributed by atoms with Crippen molar-refractivity contribution < 1.29 is 33.5 Å². The van der Waals surface area contributed by atoms with E-state index in [1.54, 1.807) is 0 Å². The molecule has 0 amide bonds. The third-order valence-corrected chi connectivity index (χ3v) is 3.14. The van der Waals surface area contributed by atoms with Gasteiger partial charge < -0.3 is 18.9 Å². The number of hydrogen-bond acceptors (Lipinski definition) is 8. The van der Waals surface area contributed by atoms with E-state index in [1.165, 1.54) is 19.9 Å². The molecule has 9 heteroatoms. The molecule has 3 rings (SSSR count). The molecule has 0 bridgehead atoms. The summed E-state index contributed by atoms with van der Waals surface area (Å²) in [5, 5.41) is 11.2. The van der Waals surface area contributed by atoms with Gasteiger partial charge in [0.2, 0.25) is 6.79 Å². The molecular weight excluding hydrogens is 310 g/mol. The Labute approximate surface area is 129 Å². The third kappa shape index (κ3) is 2.68. The van der Waals surface area contributed by atoms with Crippen molar-refractivity contribution in [1.29, 1.82) is 0 Å². The maximum Gasteiger partial charge on any atom is 0.348 e. The van der Waals surface area contributed by atoms with Crippen molar-refractivity contribution in [3.8, 4) is 11.5 Å². The number of nitrogens with zero attached hydrogens (tertiary/aromatic N) is 1. The first-order valence-corrected chi connectivity index (χ1v) is 6.53. The number of rotatable bonds is 2. The van der Waals surface area contributed by atoms with Crippen LogP contribution in [0, 0.1) is 10.1 Å². The van der Waals surface area contributed by atoms with E-state index in [-0.39, 0.29) is 29.5 Å². The van der Waals surface area contributed by atoms with Gasteiger partial charge in [0.1, 0.15) is 5.57 Å². The van der Waals surface area contributed by atoms with Crippen molar-refractivity contribution >= 4 is 23.7 Å². The van der Waals surface area contributed by atoms with Gasteiger partial charge >= 0.3 is 11.9 Å². The Morgan fingerprint density at radius 1 is 1.13 bits per heavy atom. The van der Waals surface area contributed by atoms with E-state index in [1.807, 2.05) is 0 Å². The quantitative estimate of drug-likeness (QED) is 0.265. The molecule has 9 nitrogen and oxygen atoms in total. The minimum Gasteiger partial charge on any atom is -0.454 e. The molecule has 0 spiro atoms. The molecule has 2 aliphatic rings. The largest absolute Gasteiger partial charge is 0.454 e. The van der Waals surface area contributed by atoms with Gasteiger partial charge in [0.15, 0.2) is 11.5 Å². The molecule has 23 heavy (non-hydrogen) atoms. The van der Waals surface area contributed by atoms with E-state index in [4.69, 9.17) is 18.9 Å². The van der Waals surface area contributed by atoms with Crippen LogP contribution < -0.4 is 9.47 Å². The van der Waals surface area contributed by atoms with Gasteiger partial charge in [-0.3, -0.25) is 10.1 Å². The molecule has 1 aromatic carbocycles. The zero-order chi connectivity index (χ0) is 16.8. The lowest BCUT2D eigenvalue weighted by Crippen LogP contribution is -2.41. The number of hydrogen-bond donors (Lipinski definition) is 0. The summed E-state index contributed by atoms with van der Waals surface area (Å²) in [5.41, 5.74) is -0.777. The van der Waals surface area contributed by atoms with Crippen LogP contribution in [0.5, 0.6) is 11.5 Å². The zero-order valence-electron chi connectivity index (χ0n) is 12.2. The summed E-state index contributed by atoms with van der Waals surface area (Å²) < 4.78 is 20.1. The van der Waals surface area contributed by atoms with Crippen molar-refractivity contribution in [2.75, 3.05) is 6.79 Å². The van der Waals surface area contributed by atoms with E-state index >= 15 is 0 Å². The molecule has 1 aromatic rings. The molecule has 0 radical (unpaired) electrons. The predicted octanol–water partition coefficient (Wildman–Crippen LogP) is 1.54. The number of nitro groups is 1. The predicted molar refractivity (Wildman–Crippen MR) is 73.5 cm³/mol. The highest BCUT2D eigenvalue weighted by Gasteiger charge is 2.39. The first-order valence-electron chi connectivity index (χ1n) is 6.53. The van der Waals surface area contributed by atoms with Gasteiger partial charge in [-0.25, -0.2) is 9.59 Å². The topological polar surface area (TPSA) is 114 Å². The first kappa shape index (κ1) is 14.8. The highest BCUT2D eigenvalue weighted by molar-refractivity contribution is 6.19. The summed E-state index contributed by atoms with van der Waals surface area (Å²) in [5.74, 6) is -2.72. The van der Waals surface area contributed by atoms with Gasteiger partial charge in [-0.2, -0.15) is 0 Å². The Morgan fingerprint density at radius 2 is 1.70 bits per heavy atom. The van der Waals surface area contributed by atoms with Gasteiger partial charge in [0.25, 0.3) is 11.5 Å². The van der Waals surface area contributed by atoms with Crippen molar-refractivity contribution in [2.45, 2.75) is 19.6 Å². The van der Waals surface area contributed by atoms with Gasteiger partial charge in [0.05, 0.1) is 16.6 Å². The second-order valence-corrected chi connectivity index (χ2v) is 5.26. The number of nitro benzene ring substituents is 1. The van der Waals surface area contributed by atoms with Crippen LogP contribution in [-0.2, 0) is 19.1 Å². The summed E-state index contributed by atoms with van der Waals surface area (Å²) in [6.45, 7) is 2.75. The van der Waals surface area contributed by atoms with Gasteiger partial charge in [0, 0.05) is 13.8 Å². The summed E-state index contributed by atoms with van der Waals surface area (Å²) in [6, 6.07) is 2.48.